The van der Waals surface area contributed by atoms with Crippen molar-refractivity contribution in [3.63, 3.8) is 0 Å². The van der Waals surface area contributed by atoms with E-state index in [9.17, 15) is 4.79 Å². The molecule has 6 nitrogen and oxygen atoms in total. The summed E-state index contributed by atoms with van der Waals surface area (Å²) in [6, 6.07) is 16.9. The Hall–Kier alpha value is -1.46. The fourth-order valence-electron chi connectivity index (χ4n) is 9.18. The standard InChI is InChI=1S/C14H14N2.C9H18.C6H10O2.4C5H10.C5H12.C2H4O2.6CH3.3Fe/c1-15-11-7-3-5-9-13(11)16(2)14-10-6-4-8-12(14)15;1-2-3-6-9-7-4-5-8-9;7-6(8)5-3-1-2-4-5;4*1-2-4-5-3-1;1-3-5-4-2;1-2(3)4;;;;;;;;;/h3-10H,1-2H3;9H,2-8H2,1H3;5H,1-4H2,(H,7,8);4*1-5H2;3-5H2,1-2H3;1H3,(H,3,4);6*1H3;;;/q;;;;;;;;;6*-1;3*+2. The molecule has 0 spiro atoms. The molecule has 0 bridgehead atoms. The van der Waals surface area contributed by atoms with Gasteiger partial charge in [-0.25, -0.2) is 0 Å². The maximum absolute atomic E-state index is 10.2. The van der Waals surface area contributed by atoms with Crippen LogP contribution in [0, 0.1) is 56.4 Å². The molecule has 9 heteroatoms. The van der Waals surface area contributed by atoms with Crippen molar-refractivity contribution in [2.24, 2.45) is 11.8 Å². The number of carbonyl (C=O) groups is 2. The minimum Gasteiger partial charge on any atom is -0.481 e. The van der Waals surface area contributed by atoms with Crippen molar-refractivity contribution < 1.29 is 71.0 Å². The number of nitrogens with zero attached hydrogens (tertiary/aromatic N) is 2. The first kappa shape index (κ1) is 89.1. The van der Waals surface area contributed by atoms with Crippen LogP contribution in [-0.4, -0.2) is 36.2 Å². The maximum Gasteiger partial charge on any atom is 2.00 e. The van der Waals surface area contributed by atoms with Crippen molar-refractivity contribution in [2.45, 2.75) is 246 Å². The minimum absolute atomic E-state index is 0. The van der Waals surface area contributed by atoms with E-state index < -0.39 is 11.9 Å². The molecule has 1 aliphatic heterocycles. The van der Waals surface area contributed by atoms with E-state index in [1.165, 1.54) is 215 Å². The summed E-state index contributed by atoms with van der Waals surface area (Å²) in [6.07, 6.45) is 48.5. The number of anilines is 4. The second-order valence-electron chi connectivity index (χ2n) is 18.7. The van der Waals surface area contributed by atoms with Crippen LogP contribution in [0.15, 0.2) is 48.5 Å². The Morgan fingerprint density at radius 2 is 0.634 bits per heavy atom. The van der Waals surface area contributed by atoms with Crippen molar-refractivity contribution in [1.82, 2.24) is 0 Å². The van der Waals surface area contributed by atoms with E-state index in [4.69, 9.17) is 15.0 Å². The molecule has 0 saturated heterocycles. The fraction of sp³-hybridized carbons (Fsp3) is 0.677. The van der Waals surface area contributed by atoms with Gasteiger partial charge in [0.25, 0.3) is 5.97 Å². The second kappa shape index (κ2) is 62.8. The summed E-state index contributed by atoms with van der Waals surface area (Å²) in [5.41, 5.74) is 5.01. The van der Waals surface area contributed by atoms with E-state index >= 15 is 0 Å². The molecule has 0 atom stereocenters. The molecule has 6 fully saturated rings. The topological polar surface area (TPSA) is 81.1 Å². The second-order valence-corrected chi connectivity index (χ2v) is 18.7. The summed E-state index contributed by atoms with van der Waals surface area (Å²) in [5.74, 6) is -0.345. The number of hydrogen-bond donors (Lipinski definition) is 2. The van der Waals surface area contributed by atoms with Gasteiger partial charge in [0.05, 0.1) is 28.7 Å². The molecule has 71 heavy (non-hydrogen) atoms. The van der Waals surface area contributed by atoms with Crippen LogP contribution in [-0.2, 0) is 60.8 Å². The molecular weight excluding hydrogens is 1000 g/mol. The average molecular weight is 1120 g/mol. The zero-order chi connectivity index (χ0) is 45.5. The number of hydrogen-bond acceptors (Lipinski definition) is 4. The Bertz CT molecular complexity index is 1170. The molecule has 7 aliphatic rings. The van der Waals surface area contributed by atoms with Crippen molar-refractivity contribution in [1.29, 1.82) is 0 Å². The molecule has 1 heterocycles. The molecule has 0 radical (unpaired) electrons. The smallest absolute Gasteiger partial charge is 0.481 e. The first-order valence-electron chi connectivity index (χ1n) is 26.3. The normalized spacial score (nSPS) is 15.8. The Labute approximate surface area is 477 Å². The van der Waals surface area contributed by atoms with Gasteiger partial charge in [0, 0.05) is 21.0 Å². The molecule has 0 aromatic heterocycles. The Morgan fingerprint density at radius 1 is 0.423 bits per heavy atom. The van der Waals surface area contributed by atoms with Crippen LogP contribution in [0.1, 0.15) is 246 Å². The molecule has 2 aromatic rings. The van der Waals surface area contributed by atoms with Crippen LogP contribution >= 0.6 is 0 Å². The van der Waals surface area contributed by atoms with E-state index in [0.717, 1.165) is 38.5 Å². The summed E-state index contributed by atoms with van der Waals surface area (Å²) in [4.78, 5) is 23.7. The molecule has 2 N–H and O–H groups in total. The van der Waals surface area contributed by atoms with Gasteiger partial charge in [0.15, 0.2) is 0 Å². The number of unbranched alkanes of at least 4 members (excludes halogenated alkanes) is 3. The van der Waals surface area contributed by atoms with Gasteiger partial charge in [0.2, 0.25) is 0 Å². The van der Waals surface area contributed by atoms with Crippen molar-refractivity contribution >= 4 is 34.7 Å². The van der Waals surface area contributed by atoms with Crippen molar-refractivity contribution in [2.75, 3.05) is 23.9 Å². The molecule has 0 unspecified atom stereocenters. The summed E-state index contributed by atoms with van der Waals surface area (Å²) in [6.45, 7) is 7.79. The number of carboxylic acids is 2. The Balaban J connectivity index is -0.0000000893. The molecule has 0 amide bonds. The van der Waals surface area contributed by atoms with Crippen molar-refractivity contribution in [3.8, 4) is 0 Å². The summed E-state index contributed by atoms with van der Waals surface area (Å²) >= 11 is 0. The number of aliphatic carboxylic acids is 2. The molecule has 2 aromatic carbocycles. The SMILES string of the molecule is C1CCCC1.C1CCCC1.C1CCCC1.C1CCCC1.CC(=O)O.CCCCC.CCCCC1CCCC1.CN1c2ccccc2N(C)c2ccccc21.O=C(O)C1CCCC1.[CH3-].[CH3-].[CH3-].[CH3-].[CH3-].[CH3-].[Fe+2].[Fe+2].[Fe+2]. The third-order valence-corrected chi connectivity index (χ3v) is 13.1. The maximum atomic E-state index is 10.2. The summed E-state index contributed by atoms with van der Waals surface area (Å²) in [5, 5.41) is 15.8. The zero-order valence-electron chi connectivity index (χ0n) is 48.5. The average Bonchev–Trinajstić information content (AvgIpc) is 4.16. The van der Waals surface area contributed by atoms with Gasteiger partial charge in [-0.1, -0.05) is 251 Å². The first-order valence-corrected chi connectivity index (χ1v) is 26.3. The van der Waals surface area contributed by atoms with Crippen LogP contribution in [0.25, 0.3) is 0 Å². The molecule has 422 valence electrons. The quantitative estimate of drug-likeness (QED) is 0.222. The van der Waals surface area contributed by atoms with Gasteiger partial charge >= 0.3 is 57.2 Å². The Kier molecular flexibility index (Phi) is 78.9. The molecule has 6 saturated carbocycles. The van der Waals surface area contributed by atoms with Gasteiger partial charge < -0.3 is 64.6 Å². The molecule has 6 aliphatic carbocycles. The van der Waals surface area contributed by atoms with Crippen molar-refractivity contribution in [3.05, 3.63) is 93.1 Å². The predicted octanol–water partition coefficient (Wildman–Crippen LogP) is 20.9. The summed E-state index contributed by atoms with van der Waals surface area (Å²) < 4.78 is 0. The molecule has 9 rings (SSSR count). The fourth-order valence-corrected chi connectivity index (χ4v) is 9.18. The van der Waals surface area contributed by atoms with Crippen LogP contribution in [0.5, 0.6) is 0 Å². The third-order valence-electron chi connectivity index (χ3n) is 13.1. The number of para-hydroxylation sites is 4. The summed E-state index contributed by atoms with van der Waals surface area (Å²) in [7, 11) is 4.23. The van der Waals surface area contributed by atoms with E-state index in [-0.39, 0.29) is 102 Å². The van der Waals surface area contributed by atoms with E-state index in [1.807, 2.05) is 0 Å². The first-order chi connectivity index (χ1) is 30.2. The van der Waals surface area contributed by atoms with Gasteiger partial charge in [-0.15, -0.1) is 0 Å². The Morgan fingerprint density at radius 3 is 0.803 bits per heavy atom. The van der Waals surface area contributed by atoms with Gasteiger partial charge in [-0.2, -0.15) is 0 Å². The number of fused-ring (bicyclic) bond motifs is 2. The van der Waals surface area contributed by atoms with E-state index in [0.29, 0.717) is 0 Å². The zero-order valence-corrected chi connectivity index (χ0v) is 51.8. The largest absolute Gasteiger partial charge is 2.00 e. The molecular formula is C62H116Fe3N2O4. The van der Waals surface area contributed by atoms with Gasteiger partial charge in [0.1, 0.15) is 0 Å². The van der Waals surface area contributed by atoms with Crippen LogP contribution in [0.4, 0.5) is 22.7 Å². The number of rotatable bonds is 6. The third kappa shape index (κ3) is 46.8. The predicted molar refractivity (Wildman–Crippen MR) is 309 cm³/mol. The van der Waals surface area contributed by atoms with Crippen LogP contribution < -0.4 is 9.80 Å². The number of benzene rings is 2. The van der Waals surface area contributed by atoms with Crippen LogP contribution in [0.3, 0.4) is 0 Å². The van der Waals surface area contributed by atoms with Crippen LogP contribution in [0.2, 0.25) is 0 Å². The number of carboxylic acid groups (broad SMARTS) is 2. The minimum atomic E-state index is -0.833. The van der Waals surface area contributed by atoms with E-state index in [2.05, 4.69) is 93.2 Å². The van der Waals surface area contributed by atoms with Gasteiger partial charge in [-0.05, 0) is 43.0 Å². The van der Waals surface area contributed by atoms with E-state index in [1.54, 1.807) is 0 Å². The van der Waals surface area contributed by atoms with Gasteiger partial charge in [-0.3, -0.25) is 9.59 Å². The monoisotopic (exact) mass is 1120 g/mol.